The molecule has 1 aromatic rings. The average Bonchev–Trinajstić information content (AvgIpc) is 2.78. The Morgan fingerprint density at radius 2 is 2.22 bits per heavy atom. The first-order valence-electron chi connectivity index (χ1n) is 6.03. The van der Waals surface area contributed by atoms with Gasteiger partial charge in [-0.25, -0.2) is 4.79 Å². The number of nitrogen functional groups attached to an aromatic ring is 1. The lowest BCUT2D eigenvalue weighted by molar-refractivity contribution is 0.0697. The number of carbonyl (C=O) groups is 1. The van der Waals surface area contributed by atoms with Crippen LogP contribution in [0.4, 0.5) is 11.4 Å². The molecule has 5 heteroatoms. The third-order valence-electron chi connectivity index (χ3n) is 3.49. The van der Waals surface area contributed by atoms with Gasteiger partial charge in [0, 0.05) is 24.8 Å². The van der Waals surface area contributed by atoms with E-state index < -0.39 is 5.97 Å². The molecule has 5 nitrogen and oxygen atoms in total. The van der Waals surface area contributed by atoms with Crippen molar-refractivity contribution in [1.82, 2.24) is 4.90 Å². The lowest BCUT2D eigenvalue weighted by atomic mass is 10.1. The average molecular weight is 249 g/mol. The molecule has 0 radical (unpaired) electrons. The van der Waals surface area contributed by atoms with Crippen LogP contribution in [0.2, 0.25) is 0 Å². The summed E-state index contributed by atoms with van der Waals surface area (Å²) in [6.45, 7) is 1.74. The number of carboxylic acid groups (broad SMARTS) is 1. The highest BCUT2D eigenvalue weighted by Gasteiger charge is 2.26. The van der Waals surface area contributed by atoms with Gasteiger partial charge >= 0.3 is 5.97 Å². The van der Waals surface area contributed by atoms with Crippen LogP contribution in [0.3, 0.4) is 0 Å². The van der Waals surface area contributed by atoms with Gasteiger partial charge in [0.15, 0.2) is 0 Å². The van der Waals surface area contributed by atoms with Crippen molar-refractivity contribution in [3.63, 3.8) is 0 Å². The molecule has 1 atom stereocenters. The molecule has 0 aromatic heterocycles. The number of likely N-dealkylation sites (N-methyl/N-ethyl adjacent to an activating group) is 1. The predicted molar refractivity (Wildman–Crippen MR) is 72.1 cm³/mol. The molecule has 1 saturated heterocycles. The van der Waals surface area contributed by atoms with E-state index >= 15 is 0 Å². The zero-order valence-corrected chi connectivity index (χ0v) is 10.8. The van der Waals surface area contributed by atoms with Gasteiger partial charge in [0.1, 0.15) is 0 Å². The maximum Gasteiger partial charge on any atom is 0.337 e. The summed E-state index contributed by atoms with van der Waals surface area (Å²) in [6, 6.07) is 5.56. The molecule has 1 unspecified atom stereocenters. The largest absolute Gasteiger partial charge is 0.478 e. The van der Waals surface area contributed by atoms with Gasteiger partial charge in [-0.3, -0.25) is 0 Å². The Kier molecular flexibility index (Phi) is 3.43. The molecule has 0 amide bonds. The van der Waals surface area contributed by atoms with Crippen molar-refractivity contribution in [1.29, 1.82) is 0 Å². The van der Waals surface area contributed by atoms with E-state index in [1.165, 1.54) is 6.07 Å². The molecular formula is C13H19N3O2. The van der Waals surface area contributed by atoms with E-state index in [4.69, 9.17) is 5.73 Å². The molecule has 1 aliphatic heterocycles. The standard InChI is InChI=1S/C13H19N3O2/c1-15(2)10-5-6-16(8-10)12-4-3-9(14)7-11(12)13(17)18/h3-4,7,10H,5-6,8,14H2,1-2H3,(H,17,18). The summed E-state index contributed by atoms with van der Waals surface area (Å²) in [4.78, 5) is 15.6. The Labute approximate surface area is 107 Å². The van der Waals surface area contributed by atoms with E-state index in [0.29, 0.717) is 11.7 Å². The minimum Gasteiger partial charge on any atom is -0.478 e. The van der Waals surface area contributed by atoms with Crippen LogP contribution in [0.15, 0.2) is 18.2 Å². The summed E-state index contributed by atoms with van der Waals surface area (Å²) < 4.78 is 0. The lowest BCUT2D eigenvalue weighted by Crippen LogP contribution is -2.32. The first kappa shape index (κ1) is 12.7. The van der Waals surface area contributed by atoms with E-state index in [9.17, 15) is 9.90 Å². The van der Waals surface area contributed by atoms with Gasteiger partial charge in [-0.2, -0.15) is 0 Å². The van der Waals surface area contributed by atoms with Gasteiger partial charge in [0.05, 0.1) is 11.3 Å². The molecule has 0 aliphatic carbocycles. The van der Waals surface area contributed by atoms with Crippen molar-refractivity contribution in [2.75, 3.05) is 37.8 Å². The molecule has 18 heavy (non-hydrogen) atoms. The quantitative estimate of drug-likeness (QED) is 0.785. The molecular weight excluding hydrogens is 230 g/mol. The van der Waals surface area contributed by atoms with E-state index in [-0.39, 0.29) is 5.56 Å². The van der Waals surface area contributed by atoms with Crippen LogP contribution in [0, 0.1) is 0 Å². The Bertz CT molecular complexity index is 460. The van der Waals surface area contributed by atoms with Crippen LogP contribution in [-0.2, 0) is 0 Å². The summed E-state index contributed by atoms with van der Waals surface area (Å²) in [6.07, 6.45) is 1.05. The van der Waals surface area contributed by atoms with Crippen molar-refractivity contribution in [3.05, 3.63) is 23.8 Å². The smallest absolute Gasteiger partial charge is 0.337 e. The summed E-state index contributed by atoms with van der Waals surface area (Å²) in [5, 5.41) is 9.23. The molecule has 0 saturated carbocycles. The van der Waals surface area contributed by atoms with Gasteiger partial charge in [0.2, 0.25) is 0 Å². The van der Waals surface area contributed by atoms with E-state index in [2.05, 4.69) is 23.9 Å². The number of hydrogen-bond donors (Lipinski definition) is 2. The number of anilines is 2. The van der Waals surface area contributed by atoms with E-state index in [0.717, 1.165) is 25.2 Å². The van der Waals surface area contributed by atoms with E-state index in [1.54, 1.807) is 12.1 Å². The second-order valence-electron chi connectivity index (χ2n) is 4.93. The molecule has 1 aliphatic rings. The third-order valence-corrected chi connectivity index (χ3v) is 3.49. The highest BCUT2D eigenvalue weighted by Crippen LogP contribution is 2.27. The zero-order chi connectivity index (χ0) is 13.3. The minimum absolute atomic E-state index is 0.286. The molecule has 98 valence electrons. The molecule has 1 heterocycles. The van der Waals surface area contributed by atoms with Crippen LogP contribution in [0.25, 0.3) is 0 Å². The fraction of sp³-hybridized carbons (Fsp3) is 0.462. The van der Waals surface area contributed by atoms with Crippen molar-refractivity contribution < 1.29 is 9.90 Å². The van der Waals surface area contributed by atoms with Crippen LogP contribution in [0.5, 0.6) is 0 Å². The van der Waals surface area contributed by atoms with Crippen molar-refractivity contribution in [2.45, 2.75) is 12.5 Å². The fourth-order valence-corrected chi connectivity index (χ4v) is 2.38. The van der Waals surface area contributed by atoms with Crippen LogP contribution >= 0.6 is 0 Å². The predicted octanol–water partition coefficient (Wildman–Crippen LogP) is 1.11. The molecule has 0 bridgehead atoms. The maximum atomic E-state index is 11.3. The van der Waals surface area contributed by atoms with Gasteiger partial charge in [-0.1, -0.05) is 0 Å². The molecule has 2 rings (SSSR count). The van der Waals surface area contributed by atoms with Crippen molar-refractivity contribution >= 4 is 17.3 Å². The second-order valence-corrected chi connectivity index (χ2v) is 4.93. The first-order chi connectivity index (χ1) is 8.49. The number of benzene rings is 1. The second kappa shape index (κ2) is 4.86. The van der Waals surface area contributed by atoms with Crippen molar-refractivity contribution in [3.8, 4) is 0 Å². The SMILES string of the molecule is CN(C)C1CCN(c2ccc(N)cc2C(=O)O)C1. The Balaban J connectivity index is 2.27. The highest BCUT2D eigenvalue weighted by atomic mass is 16.4. The number of rotatable bonds is 3. The topological polar surface area (TPSA) is 69.8 Å². The molecule has 0 spiro atoms. The number of carboxylic acids is 1. The number of aromatic carboxylic acids is 1. The fourth-order valence-electron chi connectivity index (χ4n) is 2.38. The van der Waals surface area contributed by atoms with Gasteiger partial charge < -0.3 is 20.6 Å². The zero-order valence-electron chi connectivity index (χ0n) is 10.8. The summed E-state index contributed by atoms with van der Waals surface area (Å²) in [7, 11) is 4.10. The number of hydrogen-bond acceptors (Lipinski definition) is 4. The van der Waals surface area contributed by atoms with Gasteiger partial charge in [-0.15, -0.1) is 0 Å². The Morgan fingerprint density at radius 1 is 1.50 bits per heavy atom. The summed E-state index contributed by atoms with van der Waals surface area (Å²) >= 11 is 0. The van der Waals surface area contributed by atoms with Gasteiger partial charge in [0.25, 0.3) is 0 Å². The monoisotopic (exact) mass is 249 g/mol. The number of nitrogens with zero attached hydrogens (tertiary/aromatic N) is 2. The Morgan fingerprint density at radius 3 is 2.78 bits per heavy atom. The number of nitrogens with two attached hydrogens (primary N) is 1. The minimum atomic E-state index is -0.925. The Hall–Kier alpha value is -1.75. The first-order valence-corrected chi connectivity index (χ1v) is 6.03. The normalized spacial score (nSPS) is 19.5. The highest BCUT2D eigenvalue weighted by molar-refractivity contribution is 5.95. The van der Waals surface area contributed by atoms with Crippen LogP contribution in [0.1, 0.15) is 16.8 Å². The van der Waals surface area contributed by atoms with Crippen LogP contribution < -0.4 is 10.6 Å². The van der Waals surface area contributed by atoms with Crippen LogP contribution in [-0.4, -0.2) is 49.2 Å². The lowest BCUT2D eigenvalue weighted by Gasteiger charge is -2.23. The maximum absolute atomic E-state index is 11.3. The summed E-state index contributed by atoms with van der Waals surface area (Å²) in [5.41, 5.74) is 7.19. The molecule has 3 N–H and O–H groups in total. The van der Waals surface area contributed by atoms with Gasteiger partial charge in [-0.05, 0) is 38.7 Å². The summed E-state index contributed by atoms with van der Waals surface area (Å²) in [5.74, 6) is -0.925. The third kappa shape index (κ3) is 2.41. The molecule has 1 fully saturated rings. The van der Waals surface area contributed by atoms with Crippen molar-refractivity contribution in [2.24, 2.45) is 0 Å². The van der Waals surface area contributed by atoms with E-state index in [1.807, 2.05) is 0 Å². The molecule has 1 aromatic carbocycles.